The van der Waals surface area contributed by atoms with E-state index in [-0.39, 0.29) is 11.9 Å². The lowest BCUT2D eigenvalue weighted by Gasteiger charge is -2.34. The number of alkyl halides is 1. The third-order valence-corrected chi connectivity index (χ3v) is 5.59. The molecule has 4 rings (SSSR count). The molecule has 2 heterocycles. The summed E-state index contributed by atoms with van der Waals surface area (Å²) in [5.41, 5.74) is 1.58. The van der Waals surface area contributed by atoms with Gasteiger partial charge in [-0.3, -0.25) is 4.79 Å². The van der Waals surface area contributed by atoms with Gasteiger partial charge in [-0.1, -0.05) is 47.6 Å². The number of amides is 1. The molecule has 2 aromatic carbocycles. The first-order chi connectivity index (χ1) is 14.2. The highest BCUT2D eigenvalue weighted by molar-refractivity contribution is 6.30. The third-order valence-electron chi connectivity index (χ3n) is 5.15. The number of ether oxygens (including phenoxy) is 1. The van der Waals surface area contributed by atoms with Crippen LogP contribution >= 0.6 is 11.6 Å². The SMILES string of the molecule is COc1cccc(-c2noc([C@@H]3CCCCN3C(=O)[C@@H](Cl)c3ccccc3)n2)c1. The van der Waals surface area contributed by atoms with Gasteiger partial charge in [0.15, 0.2) is 0 Å². The van der Waals surface area contributed by atoms with E-state index in [1.165, 1.54) is 0 Å². The van der Waals surface area contributed by atoms with Crippen LogP contribution in [0.5, 0.6) is 5.75 Å². The predicted molar refractivity (Wildman–Crippen MR) is 110 cm³/mol. The Balaban J connectivity index is 1.58. The van der Waals surface area contributed by atoms with E-state index in [1.807, 2.05) is 54.6 Å². The van der Waals surface area contributed by atoms with E-state index in [9.17, 15) is 4.79 Å². The van der Waals surface area contributed by atoms with Crippen LogP contribution < -0.4 is 4.74 Å². The highest BCUT2D eigenvalue weighted by Gasteiger charge is 2.35. The van der Waals surface area contributed by atoms with Gasteiger partial charge in [0.25, 0.3) is 0 Å². The molecule has 150 valence electrons. The Kier molecular flexibility index (Phi) is 5.81. The van der Waals surface area contributed by atoms with Gasteiger partial charge in [0, 0.05) is 12.1 Å². The summed E-state index contributed by atoms with van der Waals surface area (Å²) in [6.07, 6.45) is 2.69. The van der Waals surface area contributed by atoms with Crippen LogP contribution in [0.1, 0.15) is 42.1 Å². The number of likely N-dealkylation sites (tertiary alicyclic amines) is 1. The van der Waals surface area contributed by atoms with Gasteiger partial charge in [-0.15, -0.1) is 11.6 Å². The van der Waals surface area contributed by atoms with Gasteiger partial charge in [-0.2, -0.15) is 4.98 Å². The van der Waals surface area contributed by atoms with Gasteiger partial charge in [-0.05, 0) is 37.0 Å². The molecule has 0 bridgehead atoms. The number of rotatable bonds is 5. The lowest BCUT2D eigenvalue weighted by atomic mass is 10.0. The van der Waals surface area contributed by atoms with Crippen LogP contribution in [-0.4, -0.2) is 34.6 Å². The quantitative estimate of drug-likeness (QED) is 0.565. The summed E-state index contributed by atoms with van der Waals surface area (Å²) in [4.78, 5) is 19.5. The molecular weight excluding hydrogens is 390 g/mol. The molecule has 29 heavy (non-hydrogen) atoms. The standard InChI is InChI=1S/C22H22ClN3O3/c1-28-17-11-7-10-16(14-17)20-24-21(29-25-20)18-12-5-6-13-26(18)22(27)19(23)15-8-3-2-4-9-15/h2-4,7-11,14,18-19H,5-6,12-13H2,1H3/t18-,19-/m0/s1. The average molecular weight is 412 g/mol. The van der Waals surface area contributed by atoms with Gasteiger partial charge < -0.3 is 14.2 Å². The second kappa shape index (κ2) is 8.66. The lowest BCUT2D eigenvalue weighted by Crippen LogP contribution is -2.40. The van der Waals surface area contributed by atoms with E-state index in [0.717, 1.165) is 36.1 Å². The van der Waals surface area contributed by atoms with E-state index >= 15 is 0 Å². The Morgan fingerprint density at radius 3 is 2.83 bits per heavy atom. The first-order valence-corrected chi connectivity index (χ1v) is 10.1. The zero-order valence-corrected chi connectivity index (χ0v) is 16.9. The van der Waals surface area contributed by atoms with Crippen molar-refractivity contribution in [3.8, 4) is 17.1 Å². The van der Waals surface area contributed by atoms with E-state index in [0.29, 0.717) is 18.3 Å². The van der Waals surface area contributed by atoms with Gasteiger partial charge in [0.05, 0.1) is 7.11 Å². The Bertz CT molecular complexity index is 976. The number of nitrogens with zero attached hydrogens (tertiary/aromatic N) is 3. The number of hydrogen-bond donors (Lipinski definition) is 0. The molecule has 6 nitrogen and oxygen atoms in total. The molecule has 0 spiro atoms. The van der Waals surface area contributed by atoms with Crippen LogP contribution in [0.4, 0.5) is 0 Å². The number of aromatic nitrogens is 2. The maximum atomic E-state index is 13.1. The van der Waals surface area contributed by atoms with Crippen LogP contribution in [0.25, 0.3) is 11.4 Å². The van der Waals surface area contributed by atoms with Crippen molar-refractivity contribution in [2.24, 2.45) is 0 Å². The number of benzene rings is 2. The maximum absolute atomic E-state index is 13.1. The molecule has 1 saturated heterocycles. The first-order valence-electron chi connectivity index (χ1n) is 9.65. The fourth-order valence-corrected chi connectivity index (χ4v) is 3.88. The van der Waals surface area contributed by atoms with Crippen molar-refractivity contribution in [2.45, 2.75) is 30.7 Å². The van der Waals surface area contributed by atoms with Crippen molar-refractivity contribution >= 4 is 17.5 Å². The van der Waals surface area contributed by atoms with Crippen molar-refractivity contribution in [2.75, 3.05) is 13.7 Å². The Labute approximate surface area is 174 Å². The summed E-state index contributed by atoms with van der Waals surface area (Å²) in [6, 6.07) is 16.6. The number of methoxy groups -OCH3 is 1. The molecule has 2 atom stereocenters. The molecule has 7 heteroatoms. The maximum Gasteiger partial charge on any atom is 0.249 e. The average Bonchev–Trinajstić information content (AvgIpc) is 3.29. The smallest absolute Gasteiger partial charge is 0.249 e. The van der Waals surface area contributed by atoms with Crippen LogP contribution in [-0.2, 0) is 4.79 Å². The third kappa shape index (κ3) is 4.12. The summed E-state index contributed by atoms with van der Waals surface area (Å²) in [7, 11) is 1.61. The van der Waals surface area contributed by atoms with Crippen molar-refractivity contribution in [3.63, 3.8) is 0 Å². The molecule has 1 aliphatic heterocycles. The normalized spacial score (nSPS) is 17.7. The Hall–Kier alpha value is -2.86. The molecule has 0 radical (unpaired) electrons. The van der Waals surface area contributed by atoms with Crippen LogP contribution in [0.3, 0.4) is 0 Å². The fraction of sp³-hybridized carbons (Fsp3) is 0.318. The molecule has 0 N–H and O–H groups in total. The minimum Gasteiger partial charge on any atom is -0.497 e. The van der Waals surface area contributed by atoms with E-state index in [2.05, 4.69) is 10.1 Å². The molecule has 0 unspecified atom stereocenters. The summed E-state index contributed by atoms with van der Waals surface area (Å²) < 4.78 is 10.8. The van der Waals surface area contributed by atoms with Gasteiger partial charge in [-0.25, -0.2) is 0 Å². The number of halogens is 1. The van der Waals surface area contributed by atoms with Gasteiger partial charge in [0.1, 0.15) is 17.2 Å². The predicted octanol–water partition coefficient (Wildman–Crippen LogP) is 4.78. The van der Waals surface area contributed by atoms with Crippen molar-refractivity contribution in [1.29, 1.82) is 0 Å². The molecule has 3 aromatic rings. The zero-order chi connectivity index (χ0) is 20.2. The monoisotopic (exact) mass is 411 g/mol. The Morgan fingerprint density at radius 2 is 2.03 bits per heavy atom. The van der Waals surface area contributed by atoms with E-state index in [1.54, 1.807) is 12.0 Å². The van der Waals surface area contributed by atoms with Gasteiger partial charge in [0.2, 0.25) is 17.6 Å². The van der Waals surface area contributed by atoms with Crippen LogP contribution in [0, 0.1) is 0 Å². The zero-order valence-electron chi connectivity index (χ0n) is 16.1. The second-order valence-corrected chi connectivity index (χ2v) is 7.44. The lowest BCUT2D eigenvalue weighted by molar-refractivity contribution is -0.135. The molecular formula is C22H22ClN3O3. The van der Waals surface area contributed by atoms with Crippen molar-refractivity contribution < 1.29 is 14.1 Å². The van der Waals surface area contributed by atoms with Crippen LogP contribution in [0.15, 0.2) is 59.1 Å². The molecule has 0 aliphatic carbocycles. The number of hydrogen-bond acceptors (Lipinski definition) is 5. The molecule has 1 aromatic heterocycles. The van der Waals surface area contributed by atoms with E-state index in [4.69, 9.17) is 20.9 Å². The summed E-state index contributed by atoms with van der Waals surface area (Å²) in [5.74, 6) is 1.50. The summed E-state index contributed by atoms with van der Waals surface area (Å²) >= 11 is 6.51. The summed E-state index contributed by atoms with van der Waals surface area (Å²) in [5, 5.41) is 3.38. The second-order valence-electron chi connectivity index (χ2n) is 7.00. The van der Waals surface area contributed by atoms with Crippen LogP contribution in [0.2, 0.25) is 0 Å². The highest BCUT2D eigenvalue weighted by Crippen LogP contribution is 2.35. The van der Waals surface area contributed by atoms with Crippen molar-refractivity contribution in [1.82, 2.24) is 15.0 Å². The van der Waals surface area contributed by atoms with Crippen molar-refractivity contribution in [3.05, 3.63) is 66.1 Å². The first kappa shape index (κ1) is 19.5. The highest BCUT2D eigenvalue weighted by atomic mass is 35.5. The molecule has 1 aliphatic rings. The number of carbonyl (C=O) groups is 1. The molecule has 0 saturated carbocycles. The Morgan fingerprint density at radius 1 is 1.21 bits per heavy atom. The summed E-state index contributed by atoms with van der Waals surface area (Å²) in [6.45, 7) is 0.621. The topological polar surface area (TPSA) is 68.5 Å². The number of carbonyl (C=O) groups excluding carboxylic acids is 1. The largest absolute Gasteiger partial charge is 0.497 e. The molecule has 1 fully saturated rings. The van der Waals surface area contributed by atoms with E-state index < -0.39 is 5.38 Å². The van der Waals surface area contributed by atoms with Gasteiger partial charge >= 0.3 is 0 Å². The molecule has 1 amide bonds. The minimum atomic E-state index is -0.738. The fourth-order valence-electron chi connectivity index (χ4n) is 3.61. The minimum absolute atomic E-state index is 0.135. The number of piperidine rings is 1.